The molecule has 0 aliphatic rings. The summed E-state index contributed by atoms with van der Waals surface area (Å²) in [4.78, 5) is 16.2. The number of nitrogens with one attached hydrogen (secondary N) is 1. The molecule has 1 aromatic carbocycles. The van der Waals surface area contributed by atoms with Crippen LogP contribution in [-0.4, -0.2) is 18.0 Å². The molecule has 1 heterocycles. The molecule has 3 N–H and O–H groups in total. The van der Waals surface area contributed by atoms with Gasteiger partial charge in [0.2, 0.25) is 0 Å². The maximum atomic E-state index is 12.1. The maximum absolute atomic E-state index is 12.1. The number of benzene rings is 1. The van der Waals surface area contributed by atoms with Gasteiger partial charge in [-0.05, 0) is 29.8 Å². The fourth-order valence-electron chi connectivity index (χ4n) is 1.64. The number of carbonyl (C=O) groups is 1. The van der Waals surface area contributed by atoms with Gasteiger partial charge in [-0.3, -0.25) is 9.78 Å². The van der Waals surface area contributed by atoms with Crippen LogP contribution in [0.3, 0.4) is 0 Å². The first-order valence-corrected chi connectivity index (χ1v) is 6.73. The van der Waals surface area contributed by atoms with E-state index in [9.17, 15) is 4.79 Å². The number of nitrogens with two attached hydrogens (primary N) is 1. The van der Waals surface area contributed by atoms with Gasteiger partial charge in [-0.15, -0.1) is 0 Å². The normalized spacial score (nSPS) is 10.2. The fraction of sp³-hybridized carbons (Fsp3) is 0.143. The Kier molecular flexibility index (Phi) is 4.70. The van der Waals surface area contributed by atoms with Crippen molar-refractivity contribution in [2.75, 3.05) is 12.4 Å². The molecule has 0 aliphatic carbocycles. The summed E-state index contributed by atoms with van der Waals surface area (Å²) in [7, 11) is 1.55. The van der Waals surface area contributed by atoms with Gasteiger partial charge in [-0.2, -0.15) is 0 Å². The number of pyridine rings is 1. The van der Waals surface area contributed by atoms with Crippen molar-refractivity contribution >= 4 is 27.5 Å². The van der Waals surface area contributed by atoms with Crippen LogP contribution in [0.2, 0.25) is 0 Å². The van der Waals surface area contributed by atoms with Gasteiger partial charge in [0.05, 0.1) is 12.8 Å². The summed E-state index contributed by atoms with van der Waals surface area (Å²) < 4.78 is 6.05. The maximum Gasteiger partial charge on any atom is 0.274 e. The van der Waals surface area contributed by atoms with Crippen LogP contribution in [0.4, 0.5) is 5.69 Å². The molecule has 0 radical (unpaired) electrons. The lowest BCUT2D eigenvalue weighted by Gasteiger charge is -2.10. The van der Waals surface area contributed by atoms with Crippen LogP contribution in [-0.2, 0) is 6.54 Å². The third-order valence-corrected chi connectivity index (χ3v) is 3.20. The highest BCUT2D eigenvalue weighted by Crippen LogP contribution is 2.28. The number of rotatable bonds is 4. The molecular formula is C14H14BrN3O2. The Bertz CT molecular complexity index is 614. The van der Waals surface area contributed by atoms with E-state index in [4.69, 9.17) is 10.5 Å². The molecule has 0 spiro atoms. The Labute approximate surface area is 125 Å². The summed E-state index contributed by atoms with van der Waals surface area (Å²) in [6.45, 7) is 0.397. The molecule has 0 unspecified atom stereocenters. The summed E-state index contributed by atoms with van der Waals surface area (Å²) in [5.74, 6) is 0.282. The highest BCUT2D eigenvalue weighted by atomic mass is 79.9. The minimum Gasteiger partial charge on any atom is -0.495 e. The lowest BCUT2D eigenvalue weighted by Crippen LogP contribution is -2.14. The highest BCUT2D eigenvalue weighted by Gasteiger charge is 2.11. The number of aromatic nitrogens is 1. The second kappa shape index (κ2) is 6.49. The number of hydrogen-bond acceptors (Lipinski definition) is 4. The van der Waals surface area contributed by atoms with Crippen molar-refractivity contribution in [1.82, 2.24) is 4.98 Å². The van der Waals surface area contributed by atoms with Crippen LogP contribution in [0.5, 0.6) is 5.75 Å². The molecule has 1 amide bonds. The first kappa shape index (κ1) is 14.5. The highest BCUT2D eigenvalue weighted by molar-refractivity contribution is 9.10. The SMILES string of the molecule is COc1ccc(Br)cc1NC(=O)c1ccc(CN)cn1. The van der Waals surface area contributed by atoms with Crippen LogP contribution in [0.25, 0.3) is 0 Å². The van der Waals surface area contributed by atoms with Gasteiger partial charge in [-0.25, -0.2) is 0 Å². The van der Waals surface area contributed by atoms with E-state index in [-0.39, 0.29) is 5.91 Å². The second-order valence-electron chi connectivity index (χ2n) is 4.05. The van der Waals surface area contributed by atoms with Crippen molar-refractivity contribution in [3.05, 3.63) is 52.3 Å². The summed E-state index contributed by atoms with van der Waals surface area (Å²) in [5, 5.41) is 2.77. The second-order valence-corrected chi connectivity index (χ2v) is 4.97. The zero-order valence-electron chi connectivity index (χ0n) is 10.9. The van der Waals surface area contributed by atoms with Gasteiger partial charge >= 0.3 is 0 Å². The molecule has 5 nitrogen and oxygen atoms in total. The van der Waals surface area contributed by atoms with Crippen molar-refractivity contribution in [3.8, 4) is 5.75 Å². The Balaban J connectivity index is 2.20. The van der Waals surface area contributed by atoms with E-state index in [1.165, 1.54) is 0 Å². The number of carbonyl (C=O) groups excluding carboxylic acids is 1. The van der Waals surface area contributed by atoms with Crippen molar-refractivity contribution in [1.29, 1.82) is 0 Å². The Morgan fingerprint density at radius 3 is 2.80 bits per heavy atom. The molecular weight excluding hydrogens is 322 g/mol. The van der Waals surface area contributed by atoms with E-state index in [2.05, 4.69) is 26.2 Å². The molecule has 0 saturated heterocycles. The number of ether oxygens (including phenoxy) is 1. The number of halogens is 1. The summed E-state index contributed by atoms with van der Waals surface area (Å²) in [5.41, 5.74) is 7.27. The molecule has 2 rings (SSSR count). The largest absolute Gasteiger partial charge is 0.495 e. The quantitative estimate of drug-likeness (QED) is 0.900. The van der Waals surface area contributed by atoms with E-state index in [1.807, 2.05) is 6.07 Å². The third-order valence-electron chi connectivity index (χ3n) is 2.70. The first-order valence-electron chi connectivity index (χ1n) is 5.94. The Morgan fingerprint density at radius 2 is 2.20 bits per heavy atom. The van der Waals surface area contributed by atoms with Gasteiger partial charge in [0.25, 0.3) is 5.91 Å². The van der Waals surface area contributed by atoms with E-state index in [0.29, 0.717) is 23.7 Å². The predicted molar refractivity (Wildman–Crippen MR) is 80.8 cm³/mol. The van der Waals surface area contributed by atoms with Gasteiger partial charge in [-0.1, -0.05) is 22.0 Å². The number of amides is 1. The van der Waals surface area contributed by atoms with Crippen LogP contribution in [0, 0.1) is 0 Å². The minimum atomic E-state index is -0.301. The molecule has 2 aromatic rings. The van der Waals surface area contributed by atoms with Crippen LogP contribution in [0.1, 0.15) is 16.1 Å². The minimum absolute atomic E-state index is 0.301. The van der Waals surface area contributed by atoms with Gasteiger partial charge < -0.3 is 15.8 Å². The van der Waals surface area contributed by atoms with Crippen LogP contribution >= 0.6 is 15.9 Å². The van der Waals surface area contributed by atoms with Gasteiger partial charge in [0, 0.05) is 17.2 Å². The number of anilines is 1. The van der Waals surface area contributed by atoms with E-state index < -0.39 is 0 Å². The average molecular weight is 336 g/mol. The molecule has 0 atom stereocenters. The third kappa shape index (κ3) is 3.34. The molecule has 104 valence electrons. The number of nitrogens with zero attached hydrogens (tertiary/aromatic N) is 1. The van der Waals surface area contributed by atoms with E-state index in [0.717, 1.165) is 10.0 Å². The van der Waals surface area contributed by atoms with Crippen LogP contribution < -0.4 is 15.8 Å². The van der Waals surface area contributed by atoms with Crippen molar-refractivity contribution in [2.24, 2.45) is 5.73 Å². The first-order chi connectivity index (χ1) is 9.63. The number of hydrogen-bond donors (Lipinski definition) is 2. The predicted octanol–water partition coefficient (Wildman–Crippen LogP) is 2.56. The lowest BCUT2D eigenvalue weighted by atomic mass is 10.2. The van der Waals surface area contributed by atoms with Gasteiger partial charge in [0.1, 0.15) is 11.4 Å². The topological polar surface area (TPSA) is 77.2 Å². The molecule has 0 saturated carbocycles. The van der Waals surface area contributed by atoms with Gasteiger partial charge in [0.15, 0.2) is 0 Å². The molecule has 0 bridgehead atoms. The fourth-order valence-corrected chi connectivity index (χ4v) is 2.00. The standard InChI is InChI=1S/C14H14BrN3O2/c1-20-13-5-3-10(15)6-12(13)18-14(19)11-4-2-9(7-16)8-17-11/h2-6,8H,7,16H2,1H3,(H,18,19). The van der Waals surface area contributed by atoms with E-state index in [1.54, 1.807) is 37.6 Å². The lowest BCUT2D eigenvalue weighted by molar-refractivity contribution is 0.102. The molecule has 0 fully saturated rings. The zero-order chi connectivity index (χ0) is 14.5. The molecule has 20 heavy (non-hydrogen) atoms. The monoisotopic (exact) mass is 335 g/mol. The summed E-state index contributed by atoms with van der Waals surface area (Å²) >= 11 is 3.35. The smallest absolute Gasteiger partial charge is 0.274 e. The van der Waals surface area contributed by atoms with Crippen LogP contribution in [0.15, 0.2) is 41.0 Å². The molecule has 1 aromatic heterocycles. The average Bonchev–Trinajstić information content (AvgIpc) is 2.47. The van der Waals surface area contributed by atoms with Crippen molar-refractivity contribution in [3.63, 3.8) is 0 Å². The molecule has 0 aliphatic heterocycles. The zero-order valence-corrected chi connectivity index (χ0v) is 12.5. The van der Waals surface area contributed by atoms with E-state index >= 15 is 0 Å². The summed E-state index contributed by atoms with van der Waals surface area (Å²) in [6.07, 6.45) is 1.59. The van der Waals surface area contributed by atoms with Crippen molar-refractivity contribution < 1.29 is 9.53 Å². The molecule has 6 heteroatoms. The Morgan fingerprint density at radius 1 is 1.40 bits per heavy atom. The summed E-state index contributed by atoms with van der Waals surface area (Å²) in [6, 6.07) is 8.79. The Hall–Kier alpha value is -1.92. The number of methoxy groups -OCH3 is 1. The van der Waals surface area contributed by atoms with Crippen molar-refractivity contribution in [2.45, 2.75) is 6.54 Å².